The zero-order chi connectivity index (χ0) is 15.7. The molecule has 0 unspecified atom stereocenters. The van der Waals surface area contributed by atoms with Crippen LogP contribution in [-0.4, -0.2) is 25.2 Å². The first-order valence-electron chi connectivity index (χ1n) is 6.97. The molecule has 22 heavy (non-hydrogen) atoms. The molecule has 0 saturated heterocycles. The highest BCUT2D eigenvalue weighted by Crippen LogP contribution is 2.43. The van der Waals surface area contributed by atoms with Crippen molar-refractivity contribution >= 4 is 11.6 Å². The minimum absolute atomic E-state index is 0.0620. The smallest absolute Gasteiger partial charge is 0.225 e. The Morgan fingerprint density at radius 3 is 2.55 bits per heavy atom. The van der Waals surface area contributed by atoms with Gasteiger partial charge in [0, 0.05) is 24.1 Å². The number of nitrogens with one attached hydrogen (secondary N) is 1. The largest absolute Gasteiger partial charge is 0.508 e. The third kappa shape index (κ3) is 2.45. The van der Waals surface area contributed by atoms with Crippen molar-refractivity contribution in [2.75, 3.05) is 19.5 Å². The molecular formula is C17H17NO4. The molecule has 0 radical (unpaired) electrons. The molecule has 2 N–H and O–H groups in total. The van der Waals surface area contributed by atoms with Crippen molar-refractivity contribution < 1.29 is 19.4 Å². The van der Waals surface area contributed by atoms with Crippen LogP contribution >= 0.6 is 0 Å². The zero-order valence-electron chi connectivity index (χ0n) is 12.4. The molecule has 0 aliphatic carbocycles. The fourth-order valence-corrected chi connectivity index (χ4v) is 2.83. The Hall–Kier alpha value is -2.69. The maximum Gasteiger partial charge on any atom is 0.225 e. The van der Waals surface area contributed by atoms with Crippen LogP contribution in [-0.2, 0) is 4.79 Å². The van der Waals surface area contributed by atoms with E-state index in [9.17, 15) is 9.90 Å². The highest BCUT2D eigenvalue weighted by molar-refractivity contribution is 5.96. The molecule has 2 aromatic rings. The summed E-state index contributed by atoms with van der Waals surface area (Å²) in [4.78, 5) is 12.0. The van der Waals surface area contributed by atoms with Crippen molar-refractivity contribution in [1.82, 2.24) is 0 Å². The predicted octanol–water partition coefficient (Wildman–Crippen LogP) is 2.88. The Balaban J connectivity index is 2.14. The maximum atomic E-state index is 12.0. The van der Waals surface area contributed by atoms with Crippen LogP contribution in [0.3, 0.4) is 0 Å². The number of hydrogen-bond donors (Lipinski definition) is 2. The number of carbonyl (C=O) groups is 1. The number of methoxy groups -OCH3 is 2. The van der Waals surface area contributed by atoms with E-state index < -0.39 is 0 Å². The number of benzene rings is 2. The van der Waals surface area contributed by atoms with Crippen molar-refractivity contribution in [2.24, 2.45) is 0 Å². The van der Waals surface area contributed by atoms with Crippen molar-refractivity contribution in [3.05, 3.63) is 47.5 Å². The summed E-state index contributed by atoms with van der Waals surface area (Å²) in [6.45, 7) is 0. The minimum atomic E-state index is -0.129. The van der Waals surface area contributed by atoms with Gasteiger partial charge < -0.3 is 19.9 Å². The van der Waals surface area contributed by atoms with Gasteiger partial charge >= 0.3 is 0 Å². The first kappa shape index (κ1) is 14.3. The molecule has 0 bridgehead atoms. The number of aromatic hydroxyl groups is 1. The van der Waals surface area contributed by atoms with Gasteiger partial charge in [-0.3, -0.25) is 4.79 Å². The van der Waals surface area contributed by atoms with E-state index in [1.54, 1.807) is 38.5 Å². The molecule has 5 heteroatoms. The molecule has 1 heterocycles. The maximum absolute atomic E-state index is 12.0. The standard InChI is InChI=1S/C17H17NO4/c1-21-15-7-13-12(10-4-3-5-11(19)6-10)8-17(20)18-14(13)9-16(15)22-2/h3-7,9,12,19H,8H2,1-2H3,(H,18,20)/t12-/m0/s1. The second kappa shape index (κ2) is 5.60. The molecule has 0 aromatic heterocycles. The molecule has 5 nitrogen and oxygen atoms in total. The highest BCUT2D eigenvalue weighted by atomic mass is 16.5. The number of phenolic OH excluding ortho intramolecular Hbond substituents is 1. The number of rotatable bonds is 3. The Morgan fingerprint density at radius 1 is 1.14 bits per heavy atom. The van der Waals surface area contributed by atoms with E-state index in [2.05, 4.69) is 5.32 Å². The quantitative estimate of drug-likeness (QED) is 0.914. The highest BCUT2D eigenvalue weighted by Gasteiger charge is 2.28. The number of phenols is 1. The Bertz CT molecular complexity index is 727. The lowest BCUT2D eigenvalue weighted by Crippen LogP contribution is -2.23. The van der Waals surface area contributed by atoms with Crippen LogP contribution in [0.25, 0.3) is 0 Å². The van der Waals surface area contributed by atoms with Gasteiger partial charge in [0.25, 0.3) is 0 Å². The van der Waals surface area contributed by atoms with E-state index in [-0.39, 0.29) is 17.6 Å². The molecule has 0 saturated carbocycles. The number of hydrogen-bond acceptors (Lipinski definition) is 4. The third-order valence-electron chi connectivity index (χ3n) is 3.87. The first-order valence-corrected chi connectivity index (χ1v) is 6.97. The summed E-state index contributed by atoms with van der Waals surface area (Å²) in [5.74, 6) is 1.18. The van der Waals surface area contributed by atoms with E-state index in [1.807, 2.05) is 12.1 Å². The van der Waals surface area contributed by atoms with E-state index in [0.717, 1.165) is 11.1 Å². The lowest BCUT2D eigenvalue weighted by Gasteiger charge is -2.27. The van der Waals surface area contributed by atoms with Crippen LogP contribution in [0, 0.1) is 0 Å². The fraction of sp³-hybridized carbons (Fsp3) is 0.235. The molecule has 3 rings (SSSR count). The first-order chi connectivity index (χ1) is 10.6. The molecule has 2 aromatic carbocycles. The van der Waals surface area contributed by atoms with Gasteiger partial charge in [-0.15, -0.1) is 0 Å². The van der Waals surface area contributed by atoms with Gasteiger partial charge in [0.1, 0.15) is 5.75 Å². The average Bonchev–Trinajstić information content (AvgIpc) is 2.52. The van der Waals surface area contributed by atoms with Crippen LogP contribution < -0.4 is 14.8 Å². The fourth-order valence-electron chi connectivity index (χ4n) is 2.83. The molecule has 0 spiro atoms. The van der Waals surface area contributed by atoms with Crippen molar-refractivity contribution in [1.29, 1.82) is 0 Å². The number of fused-ring (bicyclic) bond motifs is 1. The second-order valence-electron chi connectivity index (χ2n) is 5.19. The lowest BCUT2D eigenvalue weighted by molar-refractivity contribution is -0.116. The molecule has 0 fully saturated rings. The molecule has 1 amide bonds. The summed E-state index contributed by atoms with van der Waals surface area (Å²) in [5.41, 5.74) is 2.55. The predicted molar refractivity (Wildman–Crippen MR) is 82.7 cm³/mol. The van der Waals surface area contributed by atoms with Gasteiger partial charge in [0.15, 0.2) is 11.5 Å². The Morgan fingerprint density at radius 2 is 1.86 bits per heavy atom. The summed E-state index contributed by atoms with van der Waals surface area (Å²) in [5, 5.41) is 12.6. The van der Waals surface area contributed by atoms with Crippen molar-refractivity contribution in [2.45, 2.75) is 12.3 Å². The Labute approximate surface area is 128 Å². The van der Waals surface area contributed by atoms with E-state index in [4.69, 9.17) is 9.47 Å². The summed E-state index contributed by atoms with van der Waals surface area (Å²) >= 11 is 0. The van der Waals surface area contributed by atoms with Crippen LogP contribution in [0.5, 0.6) is 17.2 Å². The van der Waals surface area contributed by atoms with Crippen molar-refractivity contribution in [3.63, 3.8) is 0 Å². The van der Waals surface area contributed by atoms with E-state index in [1.165, 1.54) is 0 Å². The van der Waals surface area contributed by atoms with E-state index in [0.29, 0.717) is 23.6 Å². The van der Waals surface area contributed by atoms with Gasteiger partial charge in [-0.1, -0.05) is 12.1 Å². The van der Waals surface area contributed by atoms with Gasteiger partial charge in [-0.2, -0.15) is 0 Å². The van der Waals surface area contributed by atoms with Crippen LogP contribution in [0.4, 0.5) is 5.69 Å². The molecular weight excluding hydrogens is 282 g/mol. The summed E-state index contributed by atoms with van der Waals surface area (Å²) in [6, 6.07) is 10.6. The van der Waals surface area contributed by atoms with Gasteiger partial charge in [0.05, 0.1) is 14.2 Å². The zero-order valence-corrected chi connectivity index (χ0v) is 12.4. The van der Waals surface area contributed by atoms with Gasteiger partial charge in [-0.25, -0.2) is 0 Å². The monoisotopic (exact) mass is 299 g/mol. The SMILES string of the molecule is COc1cc2c(cc1OC)[C@H](c1cccc(O)c1)CC(=O)N2. The van der Waals surface area contributed by atoms with Crippen LogP contribution in [0.1, 0.15) is 23.5 Å². The summed E-state index contributed by atoms with van der Waals surface area (Å²) < 4.78 is 10.6. The van der Waals surface area contributed by atoms with Gasteiger partial charge in [0.2, 0.25) is 5.91 Å². The average molecular weight is 299 g/mol. The van der Waals surface area contributed by atoms with Gasteiger partial charge in [-0.05, 0) is 29.3 Å². The molecule has 1 aliphatic rings. The number of ether oxygens (including phenoxy) is 2. The molecule has 1 atom stereocenters. The number of carbonyl (C=O) groups excluding carboxylic acids is 1. The van der Waals surface area contributed by atoms with E-state index >= 15 is 0 Å². The summed E-state index contributed by atoms with van der Waals surface area (Å²) in [7, 11) is 3.14. The topological polar surface area (TPSA) is 67.8 Å². The summed E-state index contributed by atoms with van der Waals surface area (Å²) in [6.07, 6.45) is 0.325. The van der Waals surface area contributed by atoms with Crippen LogP contribution in [0.2, 0.25) is 0 Å². The minimum Gasteiger partial charge on any atom is -0.508 e. The second-order valence-corrected chi connectivity index (χ2v) is 5.19. The van der Waals surface area contributed by atoms with Crippen LogP contribution in [0.15, 0.2) is 36.4 Å². The number of anilines is 1. The number of amides is 1. The molecule has 114 valence electrons. The molecule has 1 aliphatic heterocycles. The third-order valence-corrected chi connectivity index (χ3v) is 3.87. The van der Waals surface area contributed by atoms with Crippen molar-refractivity contribution in [3.8, 4) is 17.2 Å². The Kier molecular flexibility index (Phi) is 3.63. The lowest BCUT2D eigenvalue weighted by atomic mass is 9.84. The normalized spacial score (nSPS) is 16.6.